The van der Waals surface area contributed by atoms with Crippen molar-refractivity contribution in [3.05, 3.63) is 49.3 Å². The Bertz CT molecular complexity index is 906. The van der Waals surface area contributed by atoms with Crippen molar-refractivity contribution in [2.24, 2.45) is 7.05 Å². The number of fused-ring (bicyclic) bond motifs is 1. The molecule has 0 bridgehead atoms. The van der Waals surface area contributed by atoms with Crippen molar-refractivity contribution in [3.8, 4) is 22.5 Å². The van der Waals surface area contributed by atoms with Gasteiger partial charge in [-0.05, 0) is 17.7 Å². The molecule has 0 spiro atoms. The van der Waals surface area contributed by atoms with E-state index in [4.69, 9.17) is 0 Å². The first-order valence-corrected chi connectivity index (χ1v) is 6.55. The SMILES string of the molecule is Cn1cc(-c2ccnc3[nH]ccc23)c(-c2cnccn2)n1. The van der Waals surface area contributed by atoms with Gasteiger partial charge < -0.3 is 4.98 Å². The molecule has 6 nitrogen and oxygen atoms in total. The molecule has 0 saturated heterocycles. The van der Waals surface area contributed by atoms with Crippen molar-refractivity contribution in [1.29, 1.82) is 0 Å². The summed E-state index contributed by atoms with van der Waals surface area (Å²) >= 11 is 0. The van der Waals surface area contributed by atoms with E-state index in [9.17, 15) is 0 Å². The van der Waals surface area contributed by atoms with E-state index in [0.29, 0.717) is 0 Å². The summed E-state index contributed by atoms with van der Waals surface area (Å²) in [4.78, 5) is 15.9. The Morgan fingerprint density at radius 2 is 2.00 bits per heavy atom. The van der Waals surface area contributed by atoms with Gasteiger partial charge >= 0.3 is 0 Å². The van der Waals surface area contributed by atoms with Crippen LogP contribution in [0.1, 0.15) is 0 Å². The van der Waals surface area contributed by atoms with E-state index in [1.165, 1.54) is 0 Å². The summed E-state index contributed by atoms with van der Waals surface area (Å²) in [6.07, 6.45) is 10.7. The van der Waals surface area contributed by atoms with Crippen LogP contribution in [0.25, 0.3) is 33.5 Å². The van der Waals surface area contributed by atoms with Gasteiger partial charge in [0, 0.05) is 49.0 Å². The monoisotopic (exact) mass is 276 g/mol. The fraction of sp³-hybridized carbons (Fsp3) is 0.0667. The molecule has 4 rings (SSSR count). The van der Waals surface area contributed by atoms with Crippen molar-refractivity contribution >= 4 is 11.0 Å². The number of nitrogens with one attached hydrogen (secondary N) is 1. The molecular formula is C15H12N6. The highest BCUT2D eigenvalue weighted by atomic mass is 15.3. The largest absolute Gasteiger partial charge is 0.346 e. The minimum Gasteiger partial charge on any atom is -0.346 e. The van der Waals surface area contributed by atoms with Gasteiger partial charge in [-0.25, -0.2) is 4.98 Å². The molecule has 0 fully saturated rings. The zero-order valence-corrected chi connectivity index (χ0v) is 11.4. The van der Waals surface area contributed by atoms with Gasteiger partial charge in [0.25, 0.3) is 0 Å². The number of aryl methyl sites for hydroxylation is 1. The van der Waals surface area contributed by atoms with Crippen LogP contribution in [0.4, 0.5) is 0 Å². The summed E-state index contributed by atoms with van der Waals surface area (Å²) in [7, 11) is 1.90. The molecule has 0 radical (unpaired) electrons. The van der Waals surface area contributed by atoms with Crippen LogP contribution in [0.5, 0.6) is 0 Å². The normalized spacial score (nSPS) is 11.1. The Morgan fingerprint density at radius 1 is 1.05 bits per heavy atom. The maximum absolute atomic E-state index is 4.53. The summed E-state index contributed by atoms with van der Waals surface area (Å²) in [6, 6.07) is 4.01. The molecule has 6 heteroatoms. The summed E-state index contributed by atoms with van der Waals surface area (Å²) in [5, 5.41) is 5.60. The zero-order chi connectivity index (χ0) is 14.2. The molecule has 4 heterocycles. The third-order valence-electron chi connectivity index (χ3n) is 3.38. The lowest BCUT2D eigenvalue weighted by Gasteiger charge is -2.03. The second-order valence-electron chi connectivity index (χ2n) is 4.75. The molecule has 102 valence electrons. The molecule has 0 saturated carbocycles. The Balaban J connectivity index is 2.00. The van der Waals surface area contributed by atoms with Crippen molar-refractivity contribution in [3.63, 3.8) is 0 Å². The number of aromatic nitrogens is 6. The van der Waals surface area contributed by atoms with Crippen LogP contribution < -0.4 is 0 Å². The first kappa shape index (κ1) is 11.8. The number of aromatic amines is 1. The number of nitrogens with zero attached hydrogens (tertiary/aromatic N) is 5. The highest BCUT2D eigenvalue weighted by Crippen LogP contribution is 2.33. The van der Waals surface area contributed by atoms with E-state index in [2.05, 4.69) is 25.0 Å². The lowest BCUT2D eigenvalue weighted by Crippen LogP contribution is -1.90. The van der Waals surface area contributed by atoms with E-state index in [1.54, 1.807) is 29.5 Å². The van der Waals surface area contributed by atoms with Crippen molar-refractivity contribution in [1.82, 2.24) is 29.7 Å². The molecule has 0 atom stereocenters. The Kier molecular flexibility index (Phi) is 2.53. The van der Waals surface area contributed by atoms with Gasteiger partial charge in [-0.3, -0.25) is 14.6 Å². The summed E-state index contributed by atoms with van der Waals surface area (Å²) in [5.74, 6) is 0. The minimum atomic E-state index is 0.758. The number of hydrogen-bond donors (Lipinski definition) is 1. The van der Waals surface area contributed by atoms with E-state index in [1.807, 2.05) is 31.6 Å². The predicted octanol–water partition coefficient (Wildman–Crippen LogP) is 2.42. The first-order valence-electron chi connectivity index (χ1n) is 6.55. The lowest BCUT2D eigenvalue weighted by atomic mass is 10.0. The van der Waals surface area contributed by atoms with Crippen molar-refractivity contribution in [2.75, 3.05) is 0 Å². The number of pyridine rings is 1. The molecule has 1 N–H and O–H groups in total. The maximum Gasteiger partial charge on any atom is 0.137 e. The molecule has 4 aromatic heterocycles. The Morgan fingerprint density at radius 3 is 2.86 bits per heavy atom. The second-order valence-corrected chi connectivity index (χ2v) is 4.75. The molecule has 0 aliphatic heterocycles. The second kappa shape index (κ2) is 4.52. The number of hydrogen-bond acceptors (Lipinski definition) is 4. The first-order chi connectivity index (χ1) is 10.3. The highest BCUT2D eigenvalue weighted by molar-refractivity contribution is 5.96. The molecular weight excluding hydrogens is 264 g/mol. The fourth-order valence-electron chi connectivity index (χ4n) is 2.49. The minimum absolute atomic E-state index is 0.758. The summed E-state index contributed by atoms with van der Waals surface area (Å²) in [5.41, 5.74) is 4.54. The highest BCUT2D eigenvalue weighted by Gasteiger charge is 2.15. The third-order valence-corrected chi connectivity index (χ3v) is 3.38. The molecule has 0 unspecified atom stereocenters. The van der Waals surface area contributed by atoms with Crippen LogP contribution in [-0.2, 0) is 7.05 Å². The van der Waals surface area contributed by atoms with Crippen LogP contribution in [0.2, 0.25) is 0 Å². The van der Waals surface area contributed by atoms with Crippen molar-refractivity contribution in [2.45, 2.75) is 0 Å². The van der Waals surface area contributed by atoms with Gasteiger partial charge in [-0.15, -0.1) is 0 Å². The molecule has 0 aliphatic rings. The Hall–Kier alpha value is -3.02. The quantitative estimate of drug-likeness (QED) is 0.610. The van der Waals surface area contributed by atoms with Gasteiger partial charge in [0.1, 0.15) is 17.0 Å². The van der Waals surface area contributed by atoms with Gasteiger partial charge in [0.05, 0.1) is 6.20 Å². The van der Waals surface area contributed by atoms with Gasteiger partial charge in [0.2, 0.25) is 0 Å². The van der Waals surface area contributed by atoms with Crippen LogP contribution >= 0.6 is 0 Å². The van der Waals surface area contributed by atoms with Gasteiger partial charge in [-0.1, -0.05) is 0 Å². The average molecular weight is 276 g/mol. The van der Waals surface area contributed by atoms with E-state index in [0.717, 1.165) is 33.5 Å². The molecule has 4 aromatic rings. The average Bonchev–Trinajstić information content (AvgIpc) is 3.14. The van der Waals surface area contributed by atoms with Crippen LogP contribution in [-0.4, -0.2) is 29.7 Å². The van der Waals surface area contributed by atoms with Crippen LogP contribution in [0, 0.1) is 0 Å². The van der Waals surface area contributed by atoms with Crippen LogP contribution in [0.3, 0.4) is 0 Å². The van der Waals surface area contributed by atoms with Gasteiger partial charge in [-0.2, -0.15) is 5.10 Å². The Labute approximate surface area is 120 Å². The number of H-pyrrole nitrogens is 1. The smallest absolute Gasteiger partial charge is 0.137 e. The molecule has 0 amide bonds. The van der Waals surface area contributed by atoms with Crippen LogP contribution in [0.15, 0.2) is 49.3 Å². The predicted molar refractivity (Wildman–Crippen MR) is 79.3 cm³/mol. The number of rotatable bonds is 2. The topological polar surface area (TPSA) is 72.3 Å². The fourth-order valence-corrected chi connectivity index (χ4v) is 2.49. The third kappa shape index (κ3) is 1.88. The van der Waals surface area contributed by atoms with E-state index >= 15 is 0 Å². The molecule has 0 aromatic carbocycles. The lowest BCUT2D eigenvalue weighted by molar-refractivity contribution is 0.770. The van der Waals surface area contributed by atoms with Crippen molar-refractivity contribution < 1.29 is 0 Å². The zero-order valence-electron chi connectivity index (χ0n) is 11.4. The van der Waals surface area contributed by atoms with Gasteiger partial charge in [0.15, 0.2) is 0 Å². The summed E-state index contributed by atoms with van der Waals surface area (Å²) < 4.78 is 1.79. The standard InChI is InChI=1S/C15H12N6/c1-21-9-12(14(20-21)13-8-16-6-7-17-13)10-2-4-18-15-11(10)3-5-19-15/h2-9H,1H3,(H,18,19). The molecule has 21 heavy (non-hydrogen) atoms. The molecule has 0 aliphatic carbocycles. The summed E-state index contributed by atoms with van der Waals surface area (Å²) in [6.45, 7) is 0. The van der Waals surface area contributed by atoms with E-state index in [-0.39, 0.29) is 0 Å². The van der Waals surface area contributed by atoms with E-state index < -0.39 is 0 Å². The maximum atomic E-state index is 4.53.